The fourth-order valence-electron chi connectivity index (χ4n) is 4.09. The summed E-state index contributed by atoms with van der Waals surface area (Å²) in [6.45, 7) is 2.66. The molecular weight excluding hydrogens is 270 g/mol. The van der Waals surface area contributed by atoms with E-state index in [1.807, 2.05) is 12.1 Å². The molecule has 2 nitrogen and oxygen atoms in total. The van der Waals surface area contributed by atoms with E-state index in [0.717, 1.165) is 30.0 Å². The molecule has 0 aliphatic heterocycles. The minimum atomic E-state index is 0.0641. The van der Waals surface area contributed by atoms with Crippen LogP contribution in [0.15, 0.2) is 18.2 Å². The molecule has 0 heterocycles. The van der Waals surface area contributed by atoms with Gasteiger partial charge in [-0.05, 0) is 62.1 Å². The van der Waals surface area contributed by atoms with Gasteiger partial charge in [0.15, 0.2) is 5.78 Å². The Hall–Kier alpha value is -1.02. The molecule has 0 aromatic heterocycles. The molecule has 2 aliphatic carbocycles. The Kier molecular flexibility index (Phi) is 3.76. The number of Topliss-reactive ketones (excluding diaryl/α,β-unsaturated/α-hetero) is 1. The van der Waals surface area contributed by atoms with E-state index in [4.69, 9.17) is 11.6 Å². The van der Waals surface area contributed by atoms with Crippen LogP contribution in [0.3, 0.4) is 0 Å². The third-order valence-electron chi connectivity index (χ3n) is 5.16. The Balaban J connectivity index is 1.71. The van der Waals surface area contributed by atoms with Gasteiger partial charge in [-0.1, -0.05) is 18.0 Å². The van der Waals surface area contributed by atoms with Gasteiger partial charge >= 0.3 is 0 Å². The second kappa shape index (κ2) is 5.40. The average Bonchev–Trinajstić information content (AvgIpc) is 3.00. The summed E-state index contributed by atoms with van der Waals surface area (Å²) in [6.07, 6.45) is 5.69. The fourth-order valence-corrected chi connectivity index (χ4v) is 4.41. The Bertz CT molecular complexity index is 528. The molecule has 2 bridgehead atoms. The summed E-state index contributed by atoms with van der Waals surface area (Å²) in [5, 5.41) is 0.684. The zero-order chi connectivity index (χ0) is 14.3. The lowest BCUT2D eigenvalue weighted by Gasteiger charge is -2.29. The van der Waals surface area contributed by atoms with Gasteiger partial charge in [0.2, 0.25) is 0 Å². The second-order valence-corrected chi connectivity index (χ2v) is 6.95. The van der Waals surface area contributed by atoms with Gasteiger partial charge < -0.3 is 4.90 Å². The standard InChI is InChI=1S/C17H22ClNO/c1-11(20)13-5-6-17(16(18)9-13)19(2)10-15-8-12-3-4-14(15)7-12/h5-6,9,12,14-15H,3-4,7-8,10H2,1-2H3. The van der Waals surface area contributed by atoms with Crippen molar-refractivity contribution >= 4 is 23.1 Å². The van der Waals surface area contributed by atoms with Crippen molar-refractivity contribution in [3.05, 3.63) is 28.8 Å². The molecule has 20 heavy (non-hydrogen) atoms. The lowest BCUT2D eigenvalue weighted by Crippen LogP contribution is -2.28. The van der Waals surface area contributed by atoms with Crippen LogP contribution in [0.2, 0.25) is 5.02 Å². The molecular formula is C17H22ClNO. The maximum Gasteiger partial charge on any atom is 0.159 e. The highest BCUT2D eigenvalue weighted by atomic mass is 35.5. The summed E-state index contributed by atoms with van der Waals surface area (Å²) >= 11 is 6.34. The van der Waals surface area contributed by atoms with Crippen LogP contribution in [-0.2, 0) is 0 Å². The van der Waals surface area contributed by atoms with Crippen LogP contribution in [0.1, 0.15) is 43.0 Å². The maximum atomic E-state index is 11.4. The molecule has 2 aliphatic rings. The van der Waals surface area contributed by atoms with Crippen molar-refractivity contribution in [1.82, 2.24) is 0 Å². The second-order valence-electron chi connectivity index (χ2n) is 6.54. The summed E-state index contributed by atoms with van der Waals surface area (Å²) in [6, 6.07) is 5.64. The molecule has 0 spiro atoms. The Labute approximate surface area is 126 Å². The Morgan fingerprint density at radius 2 is 2.15 bits per heavy atom. The highest BCUT2D eigenvalue weighted by Gasteiger charge is 2.39. The van der Waals surface area contributed by atoms with Gasteiger partial charge in [-0.3, -0.25) is 4.79 Å². The van der Waals surface area contributed by atoms with E-state index < -0.39 is 0 Å². The molecule has 0 saturated heterocycles. The minimum absolute atomic E-state index is 0.0641. The number of rotatable bonds is 4. The Morgan fingerprint density at radius 3 is 2.70 bits per heavy atom. The molecule has 3 unspecified atom stereocenters. The number of hydrogen-bond donors (Lipinski definition) is 0. The number of hydrogen-bond acceptors (Lipinski definition) is 2. The van der Waals surface area contributed by atoms with Gasteiger partial charge in [-0.25, -0.2) is 0 Å². The molecule has 0 amide bonds. The highest BCUT2D eigenvalue weighted by molar-refractivity contribution is 6.33. The van der Waals surface area contributed by atoms with E-state index in [1.165, 1.54) is 25.7 Å². The molecule has 1 aromatic carbocycles. The predicted molar refractivity (Wildman–Crippen MR) is 83.7 cm³/mol. The van der Waals surface area contributed by atoms with Crippen LogP contribution in [0, 0.1) is 17.8 Å². The summed E-state index contributed by atoms with van der Waals surface area (Å²) in [4.78, 5) is 13.6. The molecule has 0 N–H and O–H groups in total. The normalized spacial score (nSPS) is 27.9. The van der Waals surface area contributed by atoms with Crippen molar-refractivity contribution < 1.29 is 4.79 Å². The van der Waals surface area contributed by atoms with Gasteiger partial charge in [-0.2, -0.15) is 0 Å². The topological polar surface area (TPSA) is 20.3 Å². The first-order valence-electron chi connectivity index (χ1n) is 7.56. The number of nitrogens with zero attached hydrogens (tertiary/aromatic N) is 1. The maximum absolute atomic E-state index is 11.4. The van der Waals surface area contributed by atoms with Gasteiger partial charge in [0.1, 0.15) is 0 Å². The van der Waals surface area contributed by atoms with Crippen molar-refractivity contribution in [1.29, 1.82) is 0 Å². The van der Waals surface area contributed by atoms with E-state index in [1.54, 1.807) is 13.0 Å². The number of carbonyl (C=O) groups excluding carboxylic acids is 1. The van der Waals surface area contributed by atoms with E-state index >= 15 is 0 Å². The van der Waals surface area contributed by atoms with Crippen LogP contribution >= 0.6 is 11.6 Å². The van der Waals surface area contributed by atoms with Crippen molar-refractivity contribution in [2.75, 3.05) is 18.5 Å². The quantitative estimate of drug-likeness (QED) is 0.766. The first-order valence-corrected chi connectivity index (χ1v) is 7.94. The van der Waals surface area contributed by atoms with Crippen molar-refractivity contribution in [3.63, 3.8) is 0 Å². The number of halogens is 1. The van der Waals surface area contributed by atoms with Crippen molar-refractivity contribution in [2.45, 2.75) is 32.6 Å². The molecule has 0 radical (unpaired) electrons. The smallest absolute Gasteiger partial charge is 0.159 e. The first-order chi connectivity index (χ1) is 9.54. The molecule has 108 valence electrons. The number of carbonyl (C=O) groups is 1. The largest absolute Gasteiger partial charge is 0.373 e. The lowest BCUT2D eigenvalue weighted by atomic mass is 9.88. The SMILES string of the molecule is CC(=O)c1ccc(N(C)CC2CC3CCC2C3)c(Cl)c1. The third-order valence-corrected chi connectivity index (χ3v) is 5.46. The monoisotopic (exact) mass is 291 g/mol. The summed E-state index contributed by atoms with van der Waals surface area (Å²) in [5.74, 6) is 2.79. The van der Waals surface area contributed by atoms with E-state index in [9.17, 15) is 4.79 Å². The van der Waals surface area contributed by atoms with Crippen LogP contribution in [0.5, 0.6) is 0 Å². The fraction of sp³-hybridized carbons (Fsp3) is 0.588. The molecule has 1 aromatic rings. The summed E-state index contributed by atoms with van der Waals surface area (Å²) in [5.41, 5.74) is 1.73. The summed E-state index contributed by atoms with van der Waals surface area (Å²) < 4.78 is 0. The Morgan fingerprint density at radius 1 is 1.35 bits per heavy atom. The van der Waals surface area contributed by atoms with Crippen molar-refractivity contribution in [3.8, 4) is 0 Å². The van der Waals surface area contributed by atoms with Crippen LogP contribution in [-0.4, -0.2) is 19.4 Å². The van der Waals surface area contributed by atoms with Gasteiger partial charge in [-0.15, -0.1) is 0 Å². The van der Waals surface area contributed by atoms with Crippen LogP contribution < -0.4 is 4.90 Å². The van der Waals surface area contributed by atoms with Gasteiger partial charge in [0.25, 0.3) is 0 Å². The molecule has 3 atom stereocenters. The molecule has 3 rings (SSSR count). The number of fused-ring (bicyclic) bond motifs is 2. The zero-order valence-electron chi connectivity index (χ0n) is 12.2. The van der Waals surface area contributed by atoms with Crippen molar-refractivity contribution in [2.24, 2.45) is 17.8 Å². The number of anilines is 1. The van der Waals surface area contributed by atoms with Gasteiger partial charge in [0, 0.05) is 19.2 Å². The highest BCUT2D eigenvalue weighted by Crippen LogP contribution is 2.48. The average molecular weight is 292 g/mol. The molecule has 2 saturated carbocycles. The molecule has 2 fully saturated rings. The van der Waals surface area contributed by atoms with E-state index in [0.29, 0.717) is 10.6 Å². The summed E-state index contributed by atoms with van der Waals surface area (Å²) in [7, 11) is 2.11. The predicted octanol–water partition coefficient (Wildman–Crippen LogP) is 4.42. The third kappa shape index (κ3) is 2.58. The van der Waals surface area contributed by atoms with E-state index in [-0.39, 0.29) is 5.78 Å². The van der Waals surface area contributed by atoms with Gasteiger partial charge in [0.05, 0.1) is 10.7 Å². The lowest BCUT2D eigenvalue weighted by molar-refractivity contribution is 0.101. The first kappa shape index (κ1) is 13.9. The van der Waals surface area contributed by atoms with E-state index in [2.05, 4.69) is 11.9 Å². The number of ketones is 1. The minimum Gasteiger partial charge on any atom is -0.373 e. The van der Waals surface area contributed by atoms with Crippen LogP contribution in [0.25, 0.3) is 0 Å². The van der Waals surface area contributed by atoms with Crippen LogP contribution in [0.4, 0.5) is 5.69 Å². The number of benzene rings is 1. The zero-order valence-corrected chi connectivity index (χ0v) is 13.0. The molecule has 3 heteroatoms.